The summed E-state index contributed by atoms with van der Waals surface area (Å²) in [4.78, 5) is 31.4. The molecule has 2 aliphatic rings. The van der Waals surface area contributed by atoms with E-state index in [-0.39, 0.29) is 23.3 Å². The van der Waals surface area contributed by atoms with Gasteiger partial charge in [-0.05, 0) is 56.2 Å². The minimum absolute atomic E-state index is 0.0194. The van der Waals surface area contributed by atoms with Crippen LogP contribution in [0.4, 0.5) is 0 Å². The monoisotopic (exact) mass is 450 g/mol. The Morgan fingerprint density at radius 3 is 2.62 bits per heavy atom. The maximum atomic E-state index is 13.7. The standard InChI is InChI=1S/C25H30N4O2S/c1-28-20-15-9-8-14-19(20)22-23(28)24(31)29(18-12-6-3-7-13-18)25(27-22)32-16-21(30)26-17-10-4-2-5-11-17/h3,6-7,12-13,17H,2,4-5,8-11,14-16H2,1H3,(H,26,30). The predicted octanol–water partition coefficient (Wildman–Crippen LogP) is 4.14. The fraction of sp³-hybridized carbons (Fsp3) is 0.480. The first-order chi connectivity index (χ1) is 15.6. The van der Waals surface area contributed by atoms with Gasteiger partial charge in [0.05, 0.1) is 11.4 Å². The Hall–Kier alpha value is -2.54. The molecule has 0 bridgehead atoms. The number of benzene rings is 1. The summed E-state index contributed by atoms with van der Waals surface area (Å²) < 4.78 is 3.72. The van der Waals surface area contributed by atoms with E-state index in [1.165, 1.54) is 42.3 Å². The van der Waals surface area contributed by atoms with Crippen LogP contribution in [-0.4, -0.2) is 31.8 Å². The molecule has 0 saturated heterocycles. The van der Waals surface area contributed by atoms with Crippen molar-refractivity contribution in [2.24, 2.45) is 7.05 Å². The van der Waals surface area contributed by atoms with Gasteiger partial charge in [0.1, 0.15) is 11.0 Å². The highest BCUT2D eigenvalue weighted by Gasteiger charge is 2.25. The van der Waals surface area contributed by atoms with E-state index in [1.807, 2.05) is 41.9 Å². The SMILES string of the molecule is Cn1c2c(c3nc(SCC(=O)NC4CCCCC4)n(-c4ccccc4)c(=O)c31)CCCC2. The van der Waals surface area contributed by atoms with E-state index in [4.69, 9.17) is 4.98 Å². The van der Waals surface area contributed by atoms with E-state index < -0.39 is 0 Å². The highest BCUT2D eigenvalue weighted by Crippen LogP contribution is 2.31. The number of nitrogens with one attached hydrogen (secondary N) is 1. The van der Waals surface area contributed by atoms with Gasteiger partial charge >= 0.3 is 0 Å². The molecule has 0 radical (unpaired) electrons. The molecule has 1 amide bonds. The largest absolute Gasteiger partial charge is 0.353 e. The molecule has 1 N–H and O–H groups in total. The average molecular weight is 451 g/mol. The molecule has 0 atom stereocenters. The van der Waals surface area contributed by atoms with Crippen LogP contribution in [0.3, 0.4) is 0 Å². The molecular weight excluding hydrogens is 420 g/mol. The number of aryl methyl sites for hydroxylation is 2. The molecular formula is C25H30N4O2S. The Bertz CT molecular complexity index is 1190. The molecule has 3 aromatic rings. The van der Waals surface area contributed by atoms with Crippen LogP contribution in [-0.2, 0) is 24.7 Å². The van der Waals surface area contributed by atoms with Crippen LogP contribution in [0.1, 0.15) is 56.2 Å². The zero-order valence-electron chi connectivity index (χ0n) is 18.6. The van der Waals surface area contributed by atoms with Crippen molar-refractivity contribution in [3.8, 4) is 5.69 Å². The molecule has 0 aliphatic heterocycles. The number of rotatable bonds is 5. The summed E-state index contributed by atoms with van der Waals surface area (Å²) >= 11 is 1.36. The molecule has 0 unspecified atom stereocenters. The lowest BCUT2D eigenvalue weighted by Crippen LogP contribution is -2.37. The van der Waals surface area contributed by atoms with Gasteiger partial charge in [-0.2, -0.15) is 0 Å². The third-order valence-corrected chi connectivity index (χ3v) is 7.75. The molecule has 1 saturated carbocycles. The van der Waals surface area contributed by atoms with E-state index >= 15 is 0 Å². The number of hydrogen-bond acceptors (Lipinski definition) is 4. The van der Waals surface area contributed by atoms with Crippen LogP contribution in [0.5, 0.6) is 0 Å². The van der Waals surface area contributed by atoms with Gasteiger partial charge < -0.3 is 9.88 Å². The van der Waals surface area contributed by atoms with Gasteiger partial charge in [-0.15, -0.1) is 0 Å². The topological polar surface area (TPSA) is 68.9 Å². The molecule has 5 rings (SSSR count). The van der Waals surface area contributed by atoms with Crippen LogP contribution < -0.4 is 10.9 Å². The summed E-state index contributed by atoms with van der Waals surface area (Å²) in [5.74, 6) is 0.280. The van der Waals surface area contributed by atoms with Crippen molar-refractivity contribution < 1.29 is 4.79 Å². The zero-order valence-corrected chi connectivity index (χ0v) is 19.4. The van der Waals surface area contributed by atoms with E-state index in [0.717, 1.165) is 49.7 Å². The van der Waals surface area contributed by atoms with Gasteiger partial charge in [-0.25, -0.2) is 4.98 Å². The van der Waals surface area contributed by atoms with Crippen molar-refractivity contribution in [2.75, 3.05) is 5.75 Å². The van der Waals surface area contributed by atoms with Crippen molar-refractivity contribution in [3.63, 3.8) is 0 Å². The summed E-state index contributed by atoms with van der Waals surface area (Å²) in [5, 5.41) is 3.76. The molecule has 2 aromatic heterocycles. The Balaban J connectivity index is 1.53. The number of para-hydroxylation sites is 1. The number of carbonyl (C=O) groups excluding carboxylic acids is 1. The highest BCUT2D eigenvalue weighted by molar-refractivity contribution is 7.99. The number of carbonyl (C=O) groups is 1. The fourth-order valence-corrected chi connectivity index (χ4v) is 6.02. The average Bonchev–Trinajstić information content (AvgIpc) is 3.11. The Kier molecular flexibility index (Phi) is 6.09. The number of aromatic nitrogens is 3. The molecule has 2 heterocycles. The number of thioether (sulfide) groups is 1. The number of amides is 1. The molecule has 7 heteroatoms. The first-order valence-corrected chi connectivity index (χ1v) is 12.7. The van der Waals surface area contributed by atoms with Crippen LogP contribution in [0.2, 0.25) is 0 Å². The summed E-state index contributed by atoms with van der Waals surface area (Å²) in [7, 11) is 1.98. The minimum Gasteiger partial charge on any atom is -0.353 e. The van der Waals surface area contributed by atoms with Gasteiger partial charge in [-0.1, -0.05) is 49.2 Å². The summed E-state index contributed by atoms with van der Waals surface area (Å²) in [6, 6.07) is 9.91. The maximum absolute atomic E-state index is 13.7. The summed E-state index contributed by atoms with van der Waals surface area (Å²) in [6.07, 6.45) is 9.97. The maximum Gasteiger partial charge on any atom is 0.283 e. The Morgan fingerprint density at radius 1 is 1.09 bits per heavy atom. The second-order valence-corrected chi connectivity index (χ2v) is 9.89. The molecule has 168 valence electrons. The minimum atomic E-state index is -0.0618. The second-order valence-electron chi connectivity index (χ2n) is 8.95. The van der Waals surface area contributed by atoms with E-state index in [1.54, 1.807) is 4.57 Å². The van der Waals surface area contributed by atoms with Gasteiger partial charge in [0, 0.05) is 18.8 Å². The van der Waals surface area contributed by atoms with Crippen LogP contribution in [0.25, 0.3) is 16.7 Å². The van der Waals surface area contributed by atoms with Crippen LogP contribution in [0.15, 0.2) is 40.3 Å². The number of hydrogen-bond donors (Lipinski definition) is 1. The van der Waals surface area contributed by atoms with Gasteiger partial charge in [0.25, 0.3) is 5.56 Å². The predicted molar refractivity (Wildman–Crippen MR) is 129 cm³/mol. The number of nitrogens with zero attached hydrogens (tertiary/aromatic N) is 3. The first-order valence-electron chi connectivity index (χ1n) is 11.7. The smallest absolute Gasteiger partial charge is 0.283 e. The quantitative estimate of drug-likeness (QED) is 0.468. The van der Waals surface area contributed by atoms with Crippen molar-refractivity contribution >= 4 is 28.7 Å². The Labute approximate surface area is 192 Å². The highest BCUT2D eigenvalue weighted by atomic mass is 32.2. The zero-order chi connectivity index (χ0) is 22.1. The lowest BCUT2D eigenvalue weighted by Gasteiger charge is -2.22. The Morgan fingerprint density at radius 2 is 1.84 bits per heavy atom. The van der Waals surface area contributed by atoms with E-state index in [2.05, 4.69) is 5.32 Å². The van der Waals surface area contributed by atoms with E-state index in [0.29, 0.717) is 10.7 Å². The van der Waals surface area contributed by atoms with Gasteiger partial charge in [-0.3, -0.25) is 14.2 Å². The summed E-state index contributed by atoms with van der Waals surface area (Å²) in [5.41, 5.74) is 4.63. The molecule has 32 heavy (non-hydrogen) atoms. The van der Waals surface area contributed by atoms with E-state index in [9.17, 15) is 9.59 Å². The second kappa shape index (κ2) is 9.14. The van der Waals surface area contributed by atoms with Crippen molar-refractivity contribution in [3.05, 3.63) is 51.9 Å². The normalized spacial score (nSPS) is 16.8. The summed E-state index contributed by atoms with van der Waals surface area (Å²) in [6.45, 7) is 0. The lowest BCUT2D eigenvalue weighted by molar-refractivity contribution is -0.119. The van der Waals surface area contributed by atoms with Crippen molar-refractivity contribution in [2.45, 2.75) is 69.0 Å². The van der Waals surface area contributed by atoms with Gasteiger partial charge in [0.2, 0.25) is 5.91 Å². The van der Waals surface area contributed by atoms with Crippen LogP contribution >= 0.6 is 11.8 Å². The van der Waals surface area contributed by atoms with Crippen molar-refractivity contribution in [1.29, 1.82) is 0 Å². The molecule has 6 nitrogen and oxygen atoms in total. The fourth-order valence-electron chi connectivity index (χ4n) is 5.20. The third kappa shape index (κ3) is 3.98. The van der Waals surface area contributed by atoms with Crippen molar-refractivity contribution in [1.82, 2.24) is 19.4 Å². The van der Waals surface area contributed by atoms with Crippen LogP contribution in [0, 0.1) is 0 Å². The molecule has 1 aromatic carbocycles. The molecule has 2 aliphatic carbocycles. The lowest BCUT2D eigenvalue weighted by atomic mass is 9.95. The molecule has 1 fully saturated rings. The molecule has 0 spiro atoms. The third-order valence-electron chi connectivity index (χ3n) is 6.81. The number of fused-ring (bicyclic) bond motifs is 3. The first kappa shape index (κ1) is 21.3. The van der Waals surface area contributed by atoms with Gasteiger partial charge in [0.15, 0.2) is 5.16 Å².